The van der Waals surface area contributed by atoms with E-state index in [-0.39, 0.29) is 12.5 Å². The molecule has 1 aromatic carbocycles. The summed E-state index contributed by atoms with van der Waals surface area (Å²) in [5.41, 5.74) is 2.85. The van der Waals surface area contributed by atoms with Gasteiger partial charge in [-0.3, -0.25) is 4.79 Å². The SMILES string of the molecule is Cc1noc(CNC(=O)c2cccc3c2CCCN3)n1. The highest BCUT2D eigenvalue weighted by molar-refractivity contribution is 5.97. The maximum atomic E-state index is 12.3. The Labute approximate surface area is 116 Å². The minimum absolute atomic E-state index is 0.110. The first-order valence-electron chi connectivity index (χ1n) is 6.67. The standard InChI is InChI=1S/C14H16N4O2/c1-9-17-13(20-18-9)8-16-14(19)11-4-2-6-12-10(11)5-3-7-15-12/h2,4,6,15H,3,5,7-8H2,1H3,(H,16,19). The Morgan fingerprint density at radius 2 is 2.40 bits per heavy atom. The Hall–Kier alpha value is -2.37. The van der Waals surface area contributed by atoms with Crippen LogP contribution in [0.25, 0.3) is 0 Å². The Kier molecular flexibility index (Phi) is 3.37. The molecule has 1 amide bonds. The molecule has 0 aliphatic carbocycles. The van der Waals surface area contributed by atoms with E-state index in [1.165, 1.54) is 0 Å². The van der Waals surface area contributed by atoms with Gasteiger partial charge in [-0.2, -0.15) is 4.98 Å². The minimum Gasteiger partial charge on any atom is -0.385 e. The number of carbonyl (C=O) groups excluding carboxylic acids is 1. The third-order valence-corrected chi connectivity index (χ3v) is 3.31. The largest absolute Gasteiger partial charge is 0.385 e. The van der Waals surface area contributed by atoms with Crippen LogP contribution < -0.4 is 10.6 Å². The average Bonchev–Trinajstić information content (AvgIpc) is 2.90. The lowest BCUT2D eigenvalue weighted by atomic mass is 9.97. The normalized spacial score (nSPS) is 13.4. The van der Waals surface area contributed by atoms with Crippen LogP contribution in [-0.2, 0) is 13.0 Å². The van der Waals surface area contributed by atoms with Crippen molar-refractivity contribution in [3.8, 4) is 0 Å². The number of aromatic nitrogens is 2. The predicted octanol–water partition coefficient (Wildman–Crippen LogP) is 1.67. The van der Waals surface area contributed by atoms with Crippen molar-refractivity contribution in [3.05, 3.63) is 41.0 Å². The van der Waals surface area contributed by atoms with Crippen LogP contribution in [0.4, 0.5) is 5.69 Å². The van der Waals surface area contributed by atoms with Crippen LogP contribution in [0.5, 0.6) is 0 Å². The molecule has 0 atom stereocenters. The van der Waals surface area contributed by atoms with E-state index in [2.05, 4.69) is 20.8 Å². The van der Waals surface area contributed by atoms with Crippen molar-refractivity contribution in [3.63, 3.8) is 0 Å². The smallest absolute Gasteiger partial charge is 0.252 e. The van der Waals surface area contributed by atoms with Crippen molar-refractivity contribution in [2.45, 2.75) is 26.3 Å². The number of aryl methyl sites for hydroxylation is 1. The monoisotopic (exact) mass is 272 g/mol. The Morgan fingerprint density at radius 3 is 3.20 bits per heavy atom. The molecular weight excluding hydrogens is 256 g/mol. The zero-order valence-electron chi connectivity index (χ0n) is 11.3. The highest BCUT2D eigenvalue weighted by Crippen LogP contribution is 2.25. The fourth-order valence-electron chi connectivity index (χ4n) is 2.39. The molecule has 0 unspecified atom stereocenters. The summed E-state index contributed by atoms with van der Waals surface area (Å²) in [7, 11) is 0. The van der Waals surface area contributed by atoms with Crippen LogP contribution in [0, 0.1) is 6.92 Å². The number of rotatable bonds is 3. The second kappa shape index (κ2) is 5.32. The molecule has 0 bridgehead atoms. The van der Waals surface area contributed by atoms with Gasteiger partial charge in [0.2, 0.25) is 5.89 Å². The predicted molar refractivity (Wildman–Crippen MR) is 73.5 cm³/mol. The van der Waals surface area contributed by atoms with Gasteiger partial charge in [-0.15, -0.1) is 0 Å². The molecule has 0 spiro atoms. The van der Waals surface area contributed by atoms with E-state index in [4.69, 9.17) is 4.52 Å². The van der Waals surface area contributed by atoms with Crippen LogP contribution in [0.1, 0.15) is 34.1 Å². The summed E-state index contributed by atoms with van der Waals surface area (Å²) in [6.45, 7) is 2.95. The molecule has 104 valence electrons. The van der Waals surface area contributed by atoms with E-state index in [1.54, 1.807) is 6.92 Å². The lowest BCUT2D eigenvalue weighted by Gasteiger charge is -2.20. The third kappa shape index (κ3) is 2.49. The van der Waals surface area contributed by atoms with Gasteiger partial charge in [0.05, 0.1) is 6.54 Å². The summed E-state index contributed by atoms with van der Waals surface area (Å²) < 4.78 is 4.98. The first kappa shape index (κ1) is 12.7. The molecule has 1 aliphatic heterocycles. The van der Waals surface area contributed by atoms with Crippen molar-refractivity contribution < 1.29 is 9.32 Å². The van der Waals surface area contributed by atoms with Gasteiger partial charge in [0, 0.05) is 17.8 Å². The summed E-state index contributed by atoms with van der Waals surface area (Å²) >= 11 is 0. The van der Waals surface area contributed by atoms with Crippen molar-refractivity contribution in [2.24, 2.45) is 0 Å². The van der Waals surface area contributed by atoms with Crippen LogP contribution in [0.3, 0.4) is 0 Å². The van der Waals surface area contributed by atoms with Gasteiger partial charge in [-0.25, -0.2) is 0 Å². The highest BCUT2D eigenvalue weighted by atomic mass is 16.5. The molecule has 6 nitrogen and oxygen atoms in total. The number of amides is 1. The maximum absolute atomic E-state index is 12.3. The molecule has 20 heavy (non-hydrogen) atoms. The molecule has 2 N–H and O–H groups in total. The highest BCUT2D eigenvalue weighted by Gasteiger charge is 2.17. The van der Waals surface area contributed by atoms with E-state index < -0.39 is 0 Å². The molecule has 3 rings (SSSR count). The van der Waals surface area contributed by atoms with Crippen molar-refractivity contribution in [1.29, 1.82) is 0 Å². The quantitative estimate of drug-likeness (QED) is 0.888. The van der Waals surface area contributed by atoms with E-state index in [0.29, 0.717) is 17.3 Å². The van der Waals surface area contributed by atoms with Gasteiger partial charge >= 0.3 is 0 Å². The number of hydrogen-bond donors (Lipinski definition) is 2. The lowest BCUT2D eigenvalue weighted by molar-refractivity contribution is 0.0945. The number of nitrogens with one attached hydrogen (secondary N) is 2. The van der Waals surface area contributed by atoms with E-state index >= 15 is 0 Å². The molecule has 0 saturated heterocycles. The van der Waals surface area contributed by atoms with Crippen LogP contribution >= 0.6 is 0 Å². The van der Waals surface area contributed by atoms with Gasteiger partial charge in [-0.05, 0) is 37.5 Å². The fourth-order valence-corrected chi connectivity index (χ4v) is 2.39. The topological polar surface area (TPSA) is 80.0 Å². The molecule has 2 heterocycles. The second-order valence-electron chi connectivity index (χ2n) is 4.78. The number of anilines is 1. The van der Waals surface area contributed by atoms with E-state index in [9.17, 15) is 4.79 Å². The van der Waals surface area contributed by atoms with Gasteiger partial charge in [0.15, 0.2) is 5.82 Å². The zero-order chi connectivity index (χ0) is 13.9. The average molecular weight is 272 g/mol. The zero-order valence-corrected chi connectivity index (χ0v) is 11.3. The first-order chi connectivity index (χ1) is 9.74. The fraction of sp³-hybridized carbons (Fsp3) is 0.357. The molecule has 0 radical (unpaired) electrons. The minimum atomic E-state index is -0.110. The van der Waals surface area contributed by atoms with Crippen molar-refractivity contribution >= 4 is 11.6 Å². The van der Waals surface area contributed by atoms with Crippen LogP contribution in [0.2, 0.25) is 0 Å². The number of fused-ring (bicyclic) bond motifs is 1. The van der Waals surface area contributed by atoms with Gasteiger partial charge in [-0.1, -0.05) is 11.2 Å². The van der Waals surface area contributed by atoms with E-state index in [1.807, 2.05) is 18.2 Å². The maximum Gasteiger partial charge on any atom is 0.252 e. The Balaban J connectivity index is 1.74. The van der Waals surface area contributed by atoms with Gasteiger partial charge in [0.1, 0.15) is 0 Å². The second-order valence-corrected chi connectivity index (χ2v) is 4.78. The Morgan fingerprint density at radius 1 is 1.50 bits per heavy atom. The van der Waals surface area contributed by atoms with Crippen LogP contribution in [0.15, 0.2) is 22.7 Å². The molecule has 0 fully saturated rings. The number of benzene rings is 1. The molecule has 6 heteroatoms. The summed E-state index contributed by atoms with van der Waals surface area (Å²) in [6.07, 6.45) is 1.96. The molecule has 1 aromatic heterocycles. The van der Waals surface area contributed by atoms with E-state index in [0.717, 1.165) is 30.6 Å². The summed E-state index contributed by atoms with van der Waals surface area (Å²) in [4.78, 5) is 16.3. The number of nitrogens with zero attached hydrogens (tertiary/aromatic N) is 2. The summed E-state index contributed by atoms with van der Waals surface area (Å²) in [6, 6.07) is 5.75. The molecule has 2 aromatic rings. The Bertz CT molecular complexity index is 636. The molecule has 0 saturated carbocycles. The van der Waals surface area contributed by atoms with Crippen molar-refractivity contribution in [2.75, 3.05) is 11.9 Å². The third-order valence-electron chi connectivity index (χ3n) is 3.31. The molecule has 1 aliphatic rings. The number of carbonyl (C=O) groups is 1. The first-order valence-corrected chi connectivity index (χ1v) is 6.67. The van der Waals surface area contributed by atoms with Gasteiger partial charge in [0.25, 0.3) is 5.91 Å². The summed E-state index contributed by atoms with van der Waals surface area (Å²) in [5.74, 6) is 0.871. The van der Waals surface area contributed by atoms with Crippen molar-refractivity contribution in [1.82, 2.24) is 15.5 Å². The lowest BCUT2D eigenvalue weighted by Crippen LogP contribution is -2.25. The van der Waals surface area contributed by atoms with Gasteiger partial charge < -0.3 is 15.2 Å². The summed E-state index contributed by atoms with van der Waals surface area (Å²) in [5, 5.41) is 9.82. The molecular formula is C14H16N4O2. The van der Waals surface area contributed by atoms with Crippen LogP contribution in [-0.4, -0.2) is 22.6 Å². The number of hydrogen-bond acceptors (Lipinski definition) is 5.